The average molecular weight is 353 g/mol. The number of piperazine rings is 1. The van der Waals surface area contributed by atoms with Crippen LogP contribution in [0.1, 0.15) is 45.7 Å². The SMILES string of the molecule is CCC1(C)NC(=O)C(C)N(C(C)c2cccc(Br)c2)C1=O. The molecule has 1 aliphatic heterocycles. The number of halogens is 1. The fourth-order valence-electron chi connectivity index (χ4n) is 2.69. The molecule has 0 aliphatic carbocycles. The molecule has 0 bridgehead atoms. The normalized spacial score (nSPS) is 27.5. The van der Waals surface area contributed by atoms with Crippen LogP contribution in [0.25, 0.3) is 0 Å². The van der Waals surface area contributed by atoms with Gasteiger partial charge in [-0.1, -0.05) is 35.0 Å². The maximum absolute atomic E-state index is 12.8. The van der Waals surface area contributed by atoms with E-state index in [1.807, 2.05) is 38.1 Å². The summed E-state index contributed by atoms with van der Waals surface area (Å²) in [4.78, 5) is 26.7. The van der Waals surface area contributed by atoms with E-state index < -0.39 is 11.6 Å². The van der Waals surface area contributed by atoms with Crippen molar-refractivity contribution in [3.05, 3.63) is 34.3 Å². The van der Waals surface area contributed by atoms with Crippen molar-refractivity contribution in [1.82, 2.24) is 10.2 Å². The summed E-state index contributed by atoms with van der Waals surface area (Å²) in [7, 11) is 0. The Bertz CT molecular complexity index is 575. The molecule has 2 rings (SSSR count). The topological polar surface area (TPSA) is 49.4 Å². The maximum Gasteiger partial charge on any atom is 0.249 e. The fourth-order valence-corrected chi connectivity index (χ4v) is 3.11. The van der Waals surface area contributed by atoms with Crippen LogP contribution >= 0.6 is 15.9 Å². The van der Waals surface area contributed by atoms with Gasteiger partial charge in [-0.15, -0.1) is 0 Å². The van der Waals surface area contributed by atoms with Crippen LogP contribution in [0.15, 0.2) is 28.7 Å². The minimum atomic E-state index is -0.816. The van der Waals surface area contributed by atoms with Gasteiger partial charge in [0, 0.05) is 4.47 Å². The third-order valence-corrected chi connectivity index (χ3v) is 4.85. The largest absolute Gasteiger partial charge is 0.340 e. The van der Waals surface area contributed by atoms with Gasteiger partial charge in [0.2, 0.25) is 11.8 Å². The number of hydrogen-bond acceptors (Lipinski definition) is 2. The van der Waals surface area contributed by atoms with Crippen molar-refractivity contribution in [3.8, 4) is 0 Å². The van der Waals surface area contributed by atoms with Crippen molar-refractivity contribution in [2.45, 2.75) is 51.7 Å². The summed E-state index contributed by atoms with van der Waals surface area (Å²) in [6, 6.07) is 7.23. The van der Waals surface area contributed by atoms with Crippen LogP contribution in [-0.2, 0) is 9.59 Å². The van der Waals surface area contributed by atoms with Gasteiger partial charge in [-0.05, 0) is 44.9 Å². The van der Waals surface area contributed by atoms with Gasteiger partial charge < -0.3 is 10.2 Å². The minimum Gasteiger partial charge on any atom is -0.340 e. The Morgan fingerprint density at radius 2 is 2.10 bits per heavy atom. The molecular weight excluding hydrogens is 332 g/mol. The highest BCUT2D eigenvalue weighted by Crippen LogP contribution is 2.31. The van der Waals surface area contributed by atoms with Crippen molar-refractivity contribution < 1.29 is 9.59 Å². The first kappa shape index (κ1) is 16.0. The van der Waals surface area contributed by atoms with Crippen molar-refractivity contribution in [1.29, 1.82) is 0 Å². The van der Waals surface area contributed by atoms with E-state index in [-0.39, 0.29) is 17.9 Å². The fraction of sp³-hybridized carbons (Fsp3) is 0.500. The molecule has 0 spiro atoms. The van der Waals surface area contributed by atoms with E-state index >= 15 is 0 Å². The minimum absolute atomic E-state index is 0.0235. The number of benzene rings is 1. The van der Waals surface area contributed by atoms with E-state index in [0.29, 0.717) is 6.42 Å². The van der Waals surface area contributed by atoms with Crippen LogP contribution in [0.4, 0.5) is 0 Å². The molecular formula is C16H21BrN2O2. The Morgan fingerprint density at radius 1 is 1.43 bits per heavy atom. The van der Waals surface area contributed by atoms with E-state index in [2.05, 4.69) is 21.2 Å². The maximum atomic E-state index is 12.8. The summed E-state index contributed by atoms with van der Waals surface area (Å²) >= 11 is 3.45. The smallest absolute Gasteiger partial charge is 0.249 e. The molecule has 1 fully saturated rings. The highest BCUT2D eigenvalue weighted by molar-refractivity contribution is 9.10. The Morgan fingerprint density at radius 3 is 2.67 bits per heavy atom. The lowest BCUT2D eigenvalue weighted by Crippen LogP contribution is -2.68. The van der Waals surface area contributed by atoms with Gasteiger partial charge >= 0.3 is 0 Å². The highest BCUT2D eigenvalue weighted by Gasteiger charge is 2.47. The van der Waals surface area contributed by atoms with E-state index in [9.17, 15) is 9.59 Å². The molecule has 1 aromatic carbocycles. The van der Waals surface area contributed by atoms with Gasteiger partial charge in [0.25, 0.3) is 0 Å². The van der Waals surface area contributed by atoms with E-state index in [0.717, 1.165) is 10.0 Å². The van der Waals surface area contributed by atoms with Gasteiger partial charge in [-0.25, -0.2) is 0 Å². The number of nitrogens with one attached hydrogen (secondary N) is 1. The van der Waals surface area contributed by atoms with Crippen molar-refractivity contribution >= 4 is 27.7 Å². The standard InChI is InChI=1S/C16H21BrN2O2/c1-5-16(4)15(21)19(11(3)14(20)18-16)10(2)12-7-6-8-13(17)9-12/h6-11H,5H2,1-4H3,(H,18,20). The van der Waals surface area contributed by atoms with Gasteiger partial charge in [0.1, 0.15) is 11.6 Å². The predicted octanol–water partition coefficient (Wildman–Crippen LogP) is 3.03. The summed E-state index contributed by atoms with van der Waals surface area (Å²) in [6.07, 6.45) is 0.575. The first-order valence-electron chi connectivity index (χ1n) is 7.20. The lowest BCUT2D eigenvalue weighted by molar-refractivity contribution is -0.156. The van der Waals surface area contributed by atoms with Crippen molar-refractivity contribution in [3.63, 3.8) is 0 Å². The number of rotatable bonds is 3. The van der Waals surface area contributed by atoms with E-state index in [1.165, 1.54) is 0 Å². The van der Waals surface area contributed by atoms with Crippen LogP contribution in [0, 0.1) is 0 Å². The third-order valence-electron chi connectivity index (χ3n) is 4.36. The molecule has 0 saturated carbocycles. The number of amides is 2. The van der Waals surface area contributed by atoms with Crippen LogP contribution < -0.4 is 5.32 Å². The lowest BCUT2D eigenvalue weighted by Gasteiger charge is -2.45. The lowest BCUT2D eigenvalue weighted by atomic mass is 9.90. The Hall–Kier alpha value is -1.36. The van der Waals surface area contributed by atoms with Crippen LogP contribution in [0.5, 0.6) is 0 Å². The molecule has 0 aromatic heterocycles. The quantitative estimate of drug-likeness (QED) is 0.908. The molecule has 114 valence electrons. The second-order valence-corrected chi connectivity index (χ2v) is 6.71. The van der Waals surface area contributed by atoms with Gasteiger partial charge in [-0.2, -0.15) is 0 Å². The molecule has 1 aromatic rings. The monoisotopic (exact) mass is 352 g/mol. The third kappa shape index (κ3) is 2.84. The molecule has 1 heterocycles. The summed E-state index contributed by atoms with van der Waals surface area (Å²) in [6.45, 7) is 7.44. The molecule has 1 N–H and O–H groups in total. The number of nitrogens with zero attached hydrogens (tertiary/aromatic N) is 1. The molecule has 1 saturated heterocycles. The van der Waals surface area contributed by atoms with Crippen LogP contribution in [0.2, 0.25) is 0 Å². The zero-order valence-electron chi connectivity index (χ0n) is 12.8. The molecule has 4 nitrogen and oxygen atoms in total. The molecule has 2 amide bonds. The van der Waals surface area contributed by atoms with Crippen LogP contribution in [0.3, 0.4) is 0 Å². The zero-order valence-corrected chi connectivity index (χ0v) is 14.4. The molecule has 5 heteroatoms. The first-order chi connectivity index (χ1) is 9.80. The van der Waals surface area contributed by atoms with Crippen molar-refractivity contribution in [2.75, 3.05) is 0 Å². The van der Waals surface area contributed by atoms with E-state index in [4.69, 9.17) is 0 Å². The number of hydrogen-bond donors (Lipinski definition) is 1. The second kappa shape index (κ2) is 5.79. The van der Waals surface area contributed by atoms with E-state index in [1.54, 1.807) is 18.7 Å². The first-order valence-corrected chi connectivity index (χ1v) is 7.99. The second-order valence-electron chi connectivity index (χ2n) is 5.79. The Kier molecular flexibility index (Phi) is 4.42. The average Bonchev–Trinajstić information content (AvgIpc) is 2.45. The Labute approximate surface area is 134 Å². The van der Waals surface area contributed by atoms with Gasteiger partial charge in [0.05, 0.1) is 6.04 Å². The Balaban J connectivity index is 2.39. The van der Waals surface area contributed by atoms with Crippen LogP contribution in [-0.4, -0.2) is 28.3 Å². The van der Waals surface area contributed by atoms with Gasteiger partial charge in [-0.3, -0.25) is 9.59 Å². The predicted molar refractivity (Wildman–Crippen MR) is 85.7 cm³/mol. The number of carbonyl (C=O) groups excluding carboxylic acids is 2. The van der Waals surface area contributed by atoms with Gasteiger partial charge in [0.15, 0.2) is 0 Å². The number of carbonyl (C=O) groups is 2. The molecule has 21 heavy (non-hydrogen) atoms. The zero-order chi connectivity index (χ0) is 15.8. The van der Waals surface area contributed by atoms with Crippen molar-refractivity contribution in [2.24, 2.45) is 0 Å². The molecule has 3 unspecified atom stereocenters. The molecule has 1 aliphatic rings. The summed E-state index contributed by atoms with van der Waals surface area (Å²) in [5, 5.41) is 2.85. The summed E-state index contributed by atoms with van der Waals surface area (Å²) in [5.74, 6) is -0.120. The molecule has 3 atom stereocenters. The molecule has 0 radical (unpaired) electrons. The summed E-state index contributed by atoms with van der Waals surface area (Å²) < 4.78 is 0.965. The highest BCUT2D eigenvalue weighted by atomic mass is 79.9. The summed E-state index contributed by atoms with van der Waals surface area (Å²) in [5.41, 5.74) is 0.196.